The lowest BCUT2D eigenvalue weighted by atomic mass is 10.1. The van der Waals surface area contributed by atoms with Crippen LogP contribution in [0.5, 0.6) is 0 Å². The Bertz CT molecular complexity index is 321. The molecule has 0 fully saturated rings. The minimum atomic E-state index is 0.546. The zero-order chi connectivity index (χ0) is 10.6. The summed E-state index contributed by atoms with van der Waals surface area (Å²) < 4.78 is 5.66. The van der Waals surface area contributed by atoms with Crippen molar-refractivity contribution in [3.05, 3.63) is 29.8 Å². The molecule has 1 aromatic carbocycles. The Morgan fingerprint density at radius 1 is 1.36 bits per heavy atom. The van der Waals surface area contributed by atoms with E-state index in [0.29, 0.717) is 11.2 Å². The minimum Gasteiger partial charge on any atom is -0.335 e. The van der Waals surface area contributed by atoms with Crippen molar-refractivity contribution in [2.45, 2.75) is 0 Å². The number of rotatable bonds is 4. The normalized spacial score (nSPS) is 11.4. The summed E-state index contributed by atoms with van der Waals surface area (Å²) in [5, 5.41) is 0. The number of hydrogen-bond donors (Lipinski definition) is 0. The molecule has 0 N–H and O–H groups in total. The zero-order valence-electron chi connectivity index (χ0n) is 8.86. The van der Waals surface area contributed by atoms with Crippen molar-refractivity contribution in [2.24, 2.45) is 0 Å². The maximum atomic E-state index is 10.8. The van der Waals surface area contributed by atoms with Gasteiger partial charge < -0.3 is 4.74 Å². The molecule has 0 saturated carbocycles. The Kier molecular flexibility index (Phi) is 3.38. The second-order valence-corrected chi connectivity index (χ2v) is 3.78. The molecule has 0 amide bonds. The topological polar surface area (TPSA) is 26.3 Å². The number of ether oxygens (including phenoxy) is 1. The number of quaternary nitrogens is 1. The van der Waals surface area contributed by atoms with E-state index in [2.05, 4.69) is 0 Å². The van der Waals surface area contributed by atoms with Gasteiger partial charge in [-0.05, 0) is 12.1 Å². The van der Waals surface area contributed by atoms with Gasteiger partial charge in [0.25, 0.3) is 0 Å². The molecule has 3 nitrogen and oxygen atoms in total. The summed E-state index contributed by atoms with van der Waals surface area (Å²) in [5.74, 6) is 0. The van der Waals surface area contributed by atoms with Crippen molar-refractivity contribution < 1.29 is 9.53 Å². The van der Waals surface area contributed by atoms with Crippen LogP contribution in [-0.4, -0.2) is 34.2 Å². The molecule has 1 aromatic rings. The predicted molar refractivity (Wildman–Crippen MR) is 57.3 cm³/mol. The third-order valence-electron chi connectivity index (χ3n) is 2.17. The molecule has 0 radical (unpaired) electrons. The van der Waals surface area contributed by atoms with Gasteiger partial charge in [-0.3, -0.25) is 9.28 Å². The third-order valence-corrected chi connectivity index (χ3v) is 2.17. The van der Waals surface area contributed by atoms with E-state index in [0.717, 1.165) is 17.5 Å². The van der Waals surface area contributed by atoms with E-state index in [-0.39, 0.29) is 0 Å². The number of nitrogens with zero attached hydrogens (tertiary/aromatic N) is 1. The first kappa shape index (κ1) is 10.9. The van der Waals surface area contributed by atoms with Crippen LogP contribution >= 0.6 is 0 Å². The van der Waals surface area contributed by atoms with E-state index in [1.165, 1.54) is 0 Å². The predicted octanol–water partition coefficient (Wildman–Crippen LogP) is 1.67. The molecule has 0 atom stereocenters. The molecule has 1 rings (SSSR count). The molecule has 3 heteroatoms. The molecule has 0 aromatic heterocycles. The zero-order valence-corrected chi connectivity index (χ0v) is 8.86. The summed E-state index contributed by atoms with van der Waals surface area (Å²) in [7, 11) is 5.67. The fourth-order valence-electron chi connectivity index (χ4n) is 1.53. The molecule has 14 heavy (non-hydrogen) atoms. The highest BCUT2D eigenvalue weighted by molar-refractivity contribution is 5.83. The van der Waals surface area contributed by atoms with Gasteiger partial charge in [0.2, 0.25) is 0 Å². The monoisotopic (exact) mass is 194 g/mol. The third kappa shape index (κ3) is 2.19. The Morgan fingerprint density at radius 2 is 2.00 bits per heavy atom. The van der Waals surface area contributed by atoms with E-state index in [4.69, 9.17) is 4.74 Å². The quantitative estimate of drug-likeness (QED) is 0.414. The summed E-state index contributed by atoms with van der Waals surface area (Å²) in [6, 6.07) is 7.55. The summed E-state index contributed by atoms with van der Waals surface area (Å²) in [6.45, 7) is 0.546. The smallest absolute Gasteiger partial charge is 0.187 e. The van der Waals surface area contributed by atoms with Crippen molar-refractivity contribution in [3.8, 4) is 0 Å². The first-order valence-electron chi connectivity index (χ1n) is 4.48. The lowest BCUT2D eigenvalue weighted by Crippen LogP contribution is -2.42. The second-order valence-electron chi connectivity index (χ2n) is 3.78. The van der Waals surface area contributed by atoms with Gasteiger partial charge in [-0.2, -0.15) is 0 Å². The minimum absolute atomic E-state index is 0.546. The molecule has 0 spiro atoms. The van der Waals surface area contributed by atoms with Crippen LogP contribution < -0.4 is 4.48 Å². The molecular formula is C11H16NO2+. The van der Waals surface area contributed by atoms with Gasteiger partial charge in [-0.25, -0.2) is 0 Å². The average Bonchev–Trinajstić information content (AvgIpc) is 2.18. The van der Waals surface area contributed by atoms with E-state index in [1.54, 1.807) is 7.11 Å². The lowest BCUT2D eigenvalue weighted by molar-refractivity contribution is 0.0998. The van der Waals surface area contributed by atoms with Crippen LogP contribution in [0.25, 0.3) is 0 Å². The Morgan fingerprint density at radius 3 is 2.57 bits per heavy atom. The van der Waals surface area contributed by atoms with E-state index < -0.39 is 0 Å². The van der Waals surface area contributed by atoms with Crippen LogP contribution in [0.4, 0.5) is 5.69 Å². The summed E-state index contributed by atoms with van der Waals surface area (Å²) >= 11 is 0. The van der Waals surface area contributed by atoms with Gasteiger partial charge in [-0.1, -0.05) is 12.1 Å². The van der Waals surface area contributed by atoms with Gasteiger partial charge in [-0.15, -0.1) is 0 Å². The van der Waals surface area contributed by atoms with Crippen LogP contribution in [0.1, 0.15) is 10.4 Å². The molecule has 0 heterocycles. The van der Waals surface area contributed by atoms with Crippen LogP contribution in [0.2, 0.25) is 0 Å². The van der Waals surface area contributed by atoms with Gasteiger partial charge in [0, 0.05) is 7.11 Å². The Hall–Kier alpha value is -1.19. The molecule has 0 aliphatic heterocycles. The van der Waals surface area contributed by atoms with Crippen LogP contribution in [-0.2, 0) is 4.74 Å². The van der Waals surface area contributed by atoms with E-state index in [9.17, 15) is 4.79 Å². The maximum Gasteiger partial charge on any atom is 0.187 e. The maximum absolute atomic E-state index is 10.8. The number of para-hydroxylation sites is 1. The summed E-state index contributed by atoms with van der Waals surface area (Å²) in [5.41, 5.74) is 1.69. The first-order valence-corrected chi connectivity index (χ1v) is 4.48. The second kappa shape index (κ2) is 4.35. The fourth-order valence-corrected chi connectivity index (χ4v) is 1.53. The molecule has 0 saturated heterocycles. The van der Waals surface area contributed by atoms with Gasteiger partial charge in [0.15, 0.2) is 13.0 Å². The molecule has 0 unspecified atom stereocenters. The highest BCUT2D eigenvalue weighted by Gasteiger charge is 2.21. The van der Waals surface area contributed by atoms with Gasteiger partial charge in [0.05, 0.1) is 19.7 Å². The van der Waals surface area contributed by atoms with Crippen molar-refractivity contribution in [3.63, 3.8) is 0 Å². The van der Waals surface area contributed by atoms with Crippen molar-refractivity contribution in [2.75, 3.05) is 27.9 Å². The number of hydrogen-bond acceptors (Lipinski definition) is 2. The largest absolute Gasteiger partial charge is 0.335 e. The fraction of sp³-hybridized carbons (Fsp3) is 0.364. The molecule has 0 bridgehead atoms. The summed E-state index contributed by atoms with van der Waals surface area (Å²) in [4.78, 5) is 10.8. The van der Waals surface area contributed by atoms with Crippen LogP contribution in [0.15, 0.2) is 24.3 Å². The number of benzene rings is 1. The Labute approximate surface area is 84.5 Å². The number of aldehydes is 1. The van der Waals surface area contributed by atoms with Gasteiger partial charge >= 0.3 is 0 Å². The standard InChI is InChI=1S/C11H16NO2/c1-12(2,9-14-3)11-7-5-4-6-10(11)8-13/h4-8H,9H2,1-3H3/q+1. The van der Waals surface area contributed by atoms with Crippen molar-refractivity contribution in [1.29, 1.82) is 0 Å². The van der Waals surface area contributed by atoms with E-state index >= 15 is 0 Å². The number of carbonyl (C=O) groups is 1. The lowest BCUT2D eigenvalue weighted by Gasteiger charge is -2.28. The molecule has 0 aliphatic rings. The number of methoxy groups -OCH3 is 1. The average molecular weight is 194 g/mol. The van der Waals surface area contributed by atoms with E-state index in [1.807, 2.05) is 38.4 Å². The first-order chi connectivity index (χ1) is 6.61. The van der Waals surface area contributed by atoms with Gasteiger partial charge in [0.1, 0.15) is 5.69 Å². The van der Waals surface area contributed by atoms with Crippen molar-refractivity contribution in [1.82, 2.24) is 4.48 Å². The number of carbonyl (C=O) groups excluding carboxylic acids is 1. The highest BCUT2D eigenvalue weighted by atomic mass is 16.5. The molecule has 76 valence electrons. The summed E-state index contributed by atoms with van der Waals surface area (Å²) in [6.07, 6.45) is 0.880. The van der Waals surface area contributed by atoms with Crippen molar-refractivity contribution >= 4 is 12.0 Å². The molecule has 0 aliphatic carbocycles. The highest BCUT2D eigenvalue weighted by Crippen LogP contribution is 2.22. The SMILES string of the molecule is COC[N+](C)(C)c1ccccc1C=O. The van der Waals surface area contributed by atoms with Crippen LogP contribution in [0, 0.1) is 0 Å². The van der Waals surface area contributed by atoms with Crippen LogP contribution in [0.3, 0.4) is 0 Å². The Balaban J connectivity index is 3.10. The molecular weight excluding hydrogens is 178 g/mol.